The van der Waals surface area contributed by atoms with Gasteiger partial charge in [-0.1, -0.05) is 0 Å². The van der Waals surface area contributed by atoms with Gasteiger partial charge in [0.2, 0.25) is 0 Å². The molecule has 4 aliphatic carbocycles. The van der Waals surface area contributed by atoms with Crippen molar-refractivity contribution in [3.63, 3.8) is 0 Å². The van der Waals surface area contributed by atoms with Crippen molar-refractivity contribution in [2.75, 3.05) is 0 Å². The number of hydrogen-bond acceptors (Lipinski definition) is 0. The van der Waals surface area contributed by atoms with Crippen molar-refractivity contribution >= 4 is 43.4 Å². The second kappa shape index (κ2) is 12.3. The molecule has 0 bridgehead atoms. The van der Waals surface area contributed by atoms with E-state index >= 15 is 0 Å². The van der Waals surface area contributed by atoms with E-state index in [9.17, 15) is 0 Å². The van der Waals surface area contributed by atoms with Gasteiger partial charge in [-0.05, 0) is 0 Å². The molecule has 0 saturated carbocycles. The molecule has 7 rings (SSSR count). The van der Waals surface area contributed by atoms with Crippen molar-refractivity contribution in [3.8, 4) is 11.1 Å². The Morgan fingerprint density at radius 2 is 1.37 bits per heavy atom. The summed E-state index contributed by atoms with van der Waals surface area (Å²) >= 11 is -4.32. The Labute approximate surface area is 310 Å². The summed E-state index contributed by atoms with van der Waals surface area (Å²) in [4.78, 5) is 0. The molecule has 0 amide bonds. The molecule has 3 aromatic carbocycles. The zero-order valence-electron chi connectivity index (χ0n) is 31.8. The second-order valence-corrected chi connectivity index (χ2v) is 32.9. The number of halogens is 2. The van der Waals surface area contributed by atoms with Crippen molar-refractivity contribution < 1.29 is 18.3 Å². The molecular formula is C46H58Cl2Zr. The first kappa shape index (κ1) is 38.2. The Balaban J connectivity index is 0.00000234. The molecule has 0 aliphatic heterocycles. The van der Waals surface area contributed by atoms with Crippen molar-refractivity contribution in [3.05, 3.63) is 121 Å². The second-order valence-electron chi connectivity index (χ2n) is 18.1. The Hall–Kier alpha value is -2.05. The normalized spacial score (nSPS) is 21.8. The number of fused-ring (bicyclic) bond motifs is 5. The van der Waals surface area contributed by atoms with E-state index in [4.69, 9.17) is 4.21 Å². The van der Waals surface area contributed by atoms with E-state index in [1.54, 1.807) is 3.28 Å². The van der Waals surface area contributed by atoms with Gasteiger partial charge in [0.25, 0.3) is 0 Å². The average molecular weight is 773 g/mol. The van der Waals surface area contributed by atoms with Gasteiger partial charge >= 0.3 is 288 Å². The molecule has 0 saturated heterocycles. The van der Waals surface area contributed by atoms with Crippen LogP contribution in [0.4, 0.5) is 0 Å². The van der Waals surface area contributed by atoms with E-state index in [1.807, 2.05) is 0 Å². The van der Waals surface area contributed by atoms with Crippen LogP contribution in [-0.4, -0.2) is 4.21 Å². The van der Waals surface area contributed by atoms with Gasteiger partial charge < -0.3 is 0 Å². The first-order chi connectivity index (χ1) is 21.9. The van der Waals surface area contributed by atoms with Gasteiger partial charge in [0.1, 0.15) is 0 Å². The monoisotopic (exact) mass is 770 g/mol. The zero-order valence-corrected chi connectivity index (χ0v) is 35.9. The van der Waals surface area contributed by atoms with Crippen LogP contribution in [0.15, 0.2) is 87.8 Å². The summed E-state index contributed by atoms with van der Waals surface area (Å²) < 4.78 is 10.4. The maximum atomic E-state index is 5.69. The molecule has 3 heteroatoms. The zero-order chi connectivity index (χ0) is 33.9. The van der Waals surface area contributed by atoms with E-state index in [0.29, 0.717) is 9.54 Å². The van der Waals surface area contributed by atoms with Gasteiger partial charge in [0, 0.05) is 0 Å². The van der Waals surface area contributed by atoms with Crippen LogP contribution in [0, 0.1) is 11.3 Å². The first-order valence-electron chi connectivity index (χ1n) is 18.2. The molecule has 0 heterocycles. The van der Waals surface area contributed by atoms with Gasteiger partial charge in [0.05, 0.1) is 0 Å². The Bertz CT molecular complexity index is 2040. The fourth-order valence-electron chi connectivity index (χ4n) is 10.4. The minimum absolute atomic E-state index is 0. The van der Waals surface area contributed by atoms with Gasteiger partial charge in [-0.3, -0.25) is 0 Å². The van der Waals surface area contributed by atoms with Crippen LogP contribution < -0.4 is 3.27 Å². The molecule has 2 atom stereocenters. The standard InChI is InChI=1S/C27H29.C10H15.C6H5.C2H5.CH2.2ClH.Zr/c1-16-7-9-26(3,4)24-12-18-11-19-13-25-21(17(2)8-10-27(25,5)6)15-23(19)22(18)14-20(16)24;1-8-5-6-9(7-8)10(2,3)4;1-2-4-6-5-3-1;1-2;;;;/h7-9,12-15H,10-11H2,1-6H3;6-8H,1-4H3;1-5H;1H2,2H3;1H2;2*1H;. The van der Waals surface area contributed by atoms with Gasteiger partial charge in [-0.2, -0.15) is 0 Å². The minimum atomic E-state index is -4.32. The van der Waals surface area contributed by atoms with Crippen molar-refractivity contribution in [1.29, 1.82) is 0 Å². The van der Waals surface area contributed by atoms with Crippen LogP contribution in [-0.2, 0) is 35.5 Å². The number of hydrogen-bond donors (Lipinski definition) is 0. The fourth-order valence-corrected chi connectivity index (χ4v) is 29.1. The van der Waals surface area contributed by atoms with Crippen LogP contribution in [0.25, 0.3) is 22.3 Å². The Morgan fingerprint density at radius 1 is 0.796 bits per heavy atom. The first-order valence-corrected chi connectivity index (χ1v) is 25.5. The van der Waals surface area contributed by atoms with E-state index in [-0.39, 0.29) is 41.1 Å². The summed E-state index contributed by atoms with van der Waals surface area (Å²) in [6.07, 6.45) is 12.5. The molecule has 3 aromatic rings. The number of rotatable bonds is 4. The van der Waals surface area contributed by atoms with Crippen molar-refractivity contribution in [2.24, 2.45) is 11.3 Å². The third kappa shape index (κ3) is 5.42. The maximum absolute atomic E-state index is 5.69. The van der Waals surface area contributed by atoms with Crippen LogP contribution >= 0.6 is 24.8 Å². The molecule has 260 valence electrons. The molecular weight excluding hydrogens is 715 g/mol. The SMILES string of the molecule is Cl.Cl.[CH2]=[Zr]([CH2]C)([C]1=CC(C(C)(C)C)=CC1C)([c]1ccccc1)[CH]1C=C(C)c2cc3c(cc2C1(C)C)Cc1cc2c(cc1-3)C(C)=CCC2(C)C. The van der Waals surface area contributed by atoms with Gasteiger partial charge in [-0.25, -0.2) is 0 Å². The van der Waals surface area contributed by atoms with E-state index in [0.717, 1.165) is 17.0 Å². The van der Waals surface area contributed by atoms with Crippen LogP contribution in [0.1, 0.15) is 116 Å². The Kier molecular flexibility index (Phi) is 9.57. The van der Waals surface area contributed by atoms with Gasteiger partial charge in [-0.15, -0.1) is 24.8 Å². The Morgan fingerprint density at radius 3 is 1.92 bits per heavy atom. The summed E-state index contributed by atoms with van der Waals surface area (Å²) in [5.41, 5.74) is 16.4. The predicted molar refractivity (Wildman–Crippen MR) is 219 cm³/mol. The average Bonchev–Trinajstić information content (AvgIpc) is 3.60. The summed E-state index contributed by atoms with van der Waals surface area (Å²) in [6, 6.07) is 21.9. The fraction of sp³-hybridized carbons (Fsp3) is 0.413. The molecule has 0 fully saturated rings. The van der Waals surface area contributed by atoms with Crippen LogP contribution in [0.2, 0.25) is 7.75 Å². The third-order valence-corrected chi connectivity index (χ3v) is 32.6. The molecule has 2 unspecified atom stereocenters. The molecule has 0 spiro atoms. The van der Waals surface area contributed by atoms with E-state index in [1.165, 1.54) is 64.5 Å². The van der Waals surface area contributed by atoms with Crippen LogP contribution in [0.3, 0.4) is 0 Å². The third-order valence-electron chi connectivity index (χ3n) is 13.4. The van der Waals surface area contributed by atoms with Crippen molar-refractivity contribution in [2.45, 2.75) is 108 Å². The number of benzene rings is 3. The molecule has 0 aromatic heterocycles. The summed E-state index contributed by atoms with van der Waals surface area (Å²) in [7, 11) is 0. The summed E-state index contributed by atoms with van der Waals surface area (Å²) in [5, 5.41) is 0. The topological polar surface area (TPSA) is 0 Å². The molecule has 49 heavy (non-hydrogen) atoms. The predicted octanol–water partition coefficient (Wildman–Crippen LogP) is 13.1. The molecule has 0 nitrogen and oxygen atoms in total. The van der Waals surface area contributed by atoms with Gasteiger partial charge in [0.15, 0.2) is 0 Å². The summed E-state index contributed by atoms with van der Waals surface area (Å²) in [6.45, 7) is 26.6. The molecule has 4 aliphatic rings. The molecule has 0 N–H and O–H groups in total. The van der Waals surface area contributed by atoms with E-state index in [2.05, 4.69) is 155 Å². The number of allylic oxidation sites excluding steroid dienone is 8. The summed E-state index contributed by atoms with van der Waals surface area (Å²) in [5.74, 6) is 0.403. The van der Waals surface area contributed by atoms with E-state index < -0.39 is 18.3 Å². The molecule has 0 radical (unpaired) electrons. The van der Waals surface area contributed by atoms with Crippen molar-refractivity contribution in [1.82, 2.24) is 0 Å². The quantitative estimate of drug-likeness (QED) is 0.194. The van der Waals surface area contributed by atoms with Crippen LogP contribution in [0.5, 0.6) is 0 Å².